The molecule has 130 valence electrons. The molecule has 0 saturated carbocycles. The molecule has 0 fully saturated rings. The van der Waals surface area contributed by atoms with Crippen LogP contribution in [0.15, 0.2) is 79.1 Å². The fourth-order valence-corrected chi connectivity index (χ4v) is 2.50. The van der Waals surface area contributed by atoms with Gasteiger partial charge in [-0.25, -0.2) is 4.39 Å². The molecule has 0 saturated heterocycles. The summed E-state index contributed by atoms with van der Waals surface area (Å²) in [6.07, 6.45) is 3.36. The molecule has 3 rings (SSSR count). The fraction of sp³-hybridized carbons (Fsp3) is 0.0952. The van der Waals surface area contributed by atoms with Crippen LogP contribution in [0.3, 0.4) is 0 Å². The smallest absolute Gasteiger partial charge is 0.286 e. The van der Waals surface area contributed by atoms with Gasteiger partial charge in [-0.15, -0.1) is 0 Å². The number of amides is 1. The van der Waals surface area contributed by atoms with E-state index in [0.717, 1.165) is 5.56 Å². The predicted molar refractivity (Wildman–Crippen MR) is 94.8 cm³/mol. The highest BCUT2D eigenvalue weighted by Gasteiger charge is 2.13. The highest BCUT2D eigenvalue weighted by molar-refractivity contribution is 6.08. The van der Waals surface area contributed by atoms with Crippen LogP contribution in [-0.4, -0.2) is 11.7 Å². The van der Waals surface area contributed by atoms with Crippen LogP contribution in [0.2, 0.25) is 0 Å². The number of pyridine rings is 1. The predicted octanol–water partition coefficient (Wildman–Crippen LogP) is 2.66. The van der Waals surface area contributed by atoms with Crippen molar-refractivity contribution in [2.45, 2.75) is 13.1 Å². The normalized spacial score (nSPS) is 10.3. The molecule has 1 amide bonds. The third-order valence-corrected chi connectivity index (χ3v) is 3.92. The van der Waals surface area contributed by atoms with E-state index in [1.165, 1.54) is 24.3 Å². The van der Waals surface area contributed by atoms with E-state index >= 15 is 0 Å². The molecule has 1 aromatic heterocycles. The third kappa shape index (κ3) is 4.60. The zero-order chi connectivity index (χ0) is 18.4. The molecule has 0 unspecified atom stereocenters. The number of ketones is 1. The summed E-state index contributed by atoms with van der Waals surface area (Å²) >= 11 is 0. The molecule has 0 aliphatic heterocycles. The van der Waals surface area contributed by atoms with Gasteiger partial charge in [0.25, 0.3) is 5.91 Å². The number of nitrogens with zero attached hydrogens (tertiary/aromatic N) is 1. The Labute approximate surface area is 150 Å². The number of aromatic nitrogens is 1. The molecule has 2 aromatic carbocycles. The summed E-state index contributed by atoms with van der Waals surface area (Å²) in [5.41, 5.74) is 1.94. The van der Waals surface area contributed by atoms with E-state index in [4.69, 9.17) is 0 Å². The van der Waals surface area contributed by atoms with Crippen LogP contribution in [0.25, 0.3) is 0 Å². The molecule has 4 nitrogen and oxygen atoms in total. The molecule has 5 heteroatoms. The highest BCUT2D eigenvalue weighted by atomic mass is 19.1. The molecule has 0 spiro atoms. The van der Waals surface area contributed by atoms with Crippen molar-refractivity contribution in [2.24, 2.45) is 0 Å². The molecule has 1 N–H and O–H groups in total. The maximum atomic E-state index is 12.9. The van der Waals surface area contributed by atoms with Crippen LogP contribution in [-0.2, 0) is 17.9 Å². The quantitative estimate of drug-likeness (QED) is 0.549. The van der Waals surface area contributed by atoms with E-state index in [0.29, 0.717) is 17.7 Å². The van der Waals surface area contributed by atoms with Crippen LogP contribution < -0.4 is 9.88 Å². The molecule has 0 radical (unpaired) electrons. The minimum Gasteiger partial charge on any atom is -0.347 e. The molecule has 0 atom stereocenters. The van der Waals surface area contributed by atoms with Crippen LogP contribution in [0.4, 0.5) is 4.39 Å². The summed E-state index contributed by atoms with van der Waals surface area (Å²) in [6.45, 7) is 0.638. The number of carbonyl (C=O) groups excluding carboxylic acids is 2. The SMILES string of the molecule is O=C(C[n+]1ccc(C(=O)c2ccc(F)cc2)cc1)NCc1ccccc1. The Kier molecular flexibility index (Phi) is 5.49. The average Bonchev–Trinajstić information content (AvgIpc) is 2.68. The van der Waals surface area contributed by atoms with Gasteiger partial charge in [0.15, 0.2) is 18.2 Å². The topological polar surface area (TPSA) is 50.0 Å². The molecule has 1 heterocycles. The van der Waals surface area contributed by atoms with E-state index < -0.39 is 0 Å². The van der Waals surface area contributed by atoms with Gasteiger partial charge < -0.3 is 5.32 Å². The zero-order valence-electron chi connectivity index (χ0n) is 14.1. The van der Waals surface area contributed by atoms with Gasteiger partial charge >= 0.3 is 0 Å². The summed E-state index contributed by atoms with van der Waals surface area (Å²) in [4.78, 5) is 24.4. The van der Waals surface area contributed by atoms with Crippen molar-refractivity contribution in [3.63, 3.8) is 0 Å². The van der Waals surface area contributed by atoms with Crippen LogP contribution in [0.5, 0.6) is 0 Å². The number of carbonyl (C=O) groups is 2. The Morgan fingerprint density at radius 1 is 0.846 bits per heavy atom. The number of benzene rings is 2. The zero-order valence-corrected chi connectivity index (χ0v) is 14.1. The summed E-state index contributed by atoms with van der Waals surface area (Å²) in [6, 6.07) is 18.4. The highest BCUT2D eigenvalue weighted by Crippen LogP contribution is 2.09. The van der Waals surface area contributed by atoms with Crippen molar-refractivity contribution in [1.29, 1.82) is 0 Å². The van der Waals surface area contributed by atoms with Crippen molar-refractivity contribution in [1.82, 2.24) is 5.32 Å². The monoisotopic (exact) mass is 349 g/mol. The number of halogens is 1. The van der Waals surface area contributed by atoms with E-state index in [-0.39, 0.29) is 24.1 Å². The van der Waals surface area contributed by atoms with Gasteiger partial charge in [-0.05, 0) is 29.8 Å². The number of rotatable bonds is 6. The molecule has 0 aliphatic carbocycles. The largest absolute Gasteiger partial charge is 0.347 e. The lowest BCUT2D eigenvalue weighted by Crippen LogP contribution is -2.42. The summed E-state index contributed by atoms with van der Waals surface area (Å²) in [7, 11) is 0. The summed E-state index contributed by atoms with van der Waals surface area (Å²) in [5.74, 6) is -0.684. The third-order valence-electron chi connectivity index (χ3n) is 3.92. The average molecular weight is 349 g/mol. The van der Waals surface area contributed by atoms with Gasteiger partial charge in [0.05, 0.1) is 0 Å². The fourth-order valence-electron chi connectivity index (χ4n) is 2.50. The Morgan fingerprint density at radius 2 is 1.46 bits per heavy atom. The lowest BCUT2D eigenvalue weighted by Gasteiger charge is -2.04. The van der Waals surface area contributed by atoms with Gasteiger partial charge in [-0.2, -0.15) is 4.57 Å². The van der Waals surface area contributed by atoms with Gasteiger partial charge in [-0.1, -0.05) is 30.3 Å². The molecule has 0 aliphatic rings. The van der Waals surface area contributed by atoms with Crippen molar-refractivity contribution >= 4 is 11.7 Å². The second kappa shape index (κ2) is 8.16. The van der Waals surface area contributed by atoms with E-state index in [2.05, 4.69) is 5.32 Å². The van der Waals surface area contributed by atoms with E-state index in [1.54, 1.807) is 29.1 Å². The minimum atomic E-state index is -0.381. The first-order valence-electron chi connectivity index (χ1n) is 8.22. The Bertz CT molecular complexity index is 892. The van der Waals surface area contributed by atoms with Crippen molar-refractivity contribution in [2.75, 3.05) is 0 Å². The summed E-state index contributed by atoms with van der Waals surface area (Å²) < 4.78 is 14.6. The first-order valence-corrected chi connectivity index (χ1v) is 8.22. The Hall–Kier alpha value is -3.34. The van der Waals surface area contributed by atoms with Crippen molar-refractivity contribution < 1.29 is 18.5 Å². The van der Waals surface area contributed by atoms with Gasteiger partial charge in [0, 0.05) is 29.8 Å². The van der Waals surface area contributed by atoms with Crippen LogP contribution in [0, 0.1) is 5.82 Å². The maximum Gasteiger partial charge on any atom is 0.286 e. The standard InChI is InChI=1S/C21H17FN2O2/c22-19-8-6-17(7-9-19)21(26)18-10-12-24(13-11-18)15-20(25)23-14-16-4-2-1-3-5-16/h1-13H,14-15H2/p+1. The molecular weight excluding hydrogens is 331 g/mol. The first-order chi connectivity index (χ1) is 12.6. The van der Waals surface area contributed by atoms with Gasteiger partial charge in [0.2, 0.25) is 6.54 Å². The first kappa shape index (κ1) is 17.5. The second-order valence-corrected chi connectivity index (χ2v) is 5.86. The molecule has 0 bridgehead atoms. The lowest BCUT2D eigenvalue weighted by atomic mass is 10.0. The number of hydrogen-bond donors (Lipinski definition) is 1. The summed E-state index contributed by atoms with van der Waals surface area (Å²) in [5, 5.41) is 2.85. The lowest BCUT2D eigenvalue weighted by molar-refractivity contribution is -0.684. The molecule has 3 aromatic rings. The van der Waals surface area contributed by atoms with E-state index in [1.807, 2.05) is 30.3 Å². The van der Waals surface area contributed by atoms with Crippen LogP contribution in [0.1, 0.15) is 21.5 Å². The van der Waals surface area contributed by atoms with Crippen LogP contribution >= 0.6 is 0 Å². The number of hydrogen-bond acceptors (Lipinski definition) is 2. The molecular formula is C21H18FN2O2+. The Balaban J connectivity index is 1.58. The Morgan fingerprint density at radius 3 is 2.12 bits per heavy atom. The van der Waals surface area contributed by atoms with Gasteiger partial charge in [-0.3, -0.25) is 9.59 Å². The second-order valence-electron chi connectivity index (χ2n) is 5.86. The maximum absolute atomic E-state index is 12.9. The van der Waals surface area contributed by atoms with Crippen molar-refractivity contribution in [3.05, 3.63) is 102 Å². The molecule has 26 heavy (non-hydrogen) atoms. The van der Waals surface area contributed by atoms with E-state index in [9.17, 15) is 14.0 Å². The minimum absolute atomic E-state index is 0.114. The van der Waals surface area contributed by atoms with Gasteiger partial charge in [0.1, 0.15) is 5.82 Å². The van der Waals surface area contributed by atoms with Crippen molar-refractivity contribution in [3.8, 4) is 0 Å². The number of nitrogens with one attached hydrogen (secondary N) is 1.